The smallest absolute Gasteiger partial charge is 0.226 e. The highest BCUT2D eigenvalue weighted by molar-refractivity contribution is 5.78. The Kier molecular flexibility index (Phi) is 8.10. The van der Waals surface area contributed by atoms with Gasteiger partial charge in [-0.15, -0.1) is 0 Å². The van der Waals surface area contributed by atoms with Gasteiger partial charge in [0.05, 0.1) is 6.42 Å². The first kappa shape index (κ1) is 21.8. The summed E-state index contributed by atoms with van der Waals surface area (Å²) in [5, 5.41) is 0. The Hall–Kier alpha value is -1.88. The molecule has 5 heteroatoms. The van der Waals surface area contributed by atoms with Crippen molar-refractivity contribution in [1.29, 1.82) is 0 Å². The number of likely N-dealkylation sites (tertiary alicyclic amines) is 1. The molecule has 0 N–H and O–H groups in total. The predicted molar refractivity (Wildman–Crippen MR) is 117 cm³/mol. The van der Waals surface area contributed by atoms with Crippen molar-refractivity contribution in [2.45, 2.75) is 64.0 Å². The molecule has 1 aliphatic carbocycles. The fraction of sp³-hybridized carbons (Fsp3) is 0.667. The fourth-order valence-electron chi connectivity index (χ4n) is 5.04. The van der Waals surface area contributed by atoms with Gasteiger partial charge in [0.25, 0.3) is 0 Å². The first-order valence-corrected chi connectivity index (χ1v) is 11.3. The van der Waals surface area contributed by atoms with Crippen molar-refractivity contribution >= 4 is 12.3 Å². The molecular weight excluding hydrogens is 362 g/mol. The first-order chi connectivity index (χ1) is 14.1. The molecule has 2 atom stereocenters. The molecule has 1 aromatic rings. The van der Waals surface area contributed by atoms with E-state index in [4.69, 9.17) is 0 Å². The van der Waals surface area contributed by atoms with Gasteiger partial charge in [0.1, 0.15) is 0 Å². The van der Waals surface area contributed by atoms with E-state index in [1.54, 1.807) is 0 Å². The molecule has 1 aromatic carbocycles. The monoisotopic (exact) mass is 399 g/mol. The number of nitrogens with zero attached hydrogens (tertiary/aromatic N) is 3. The van der Waals surface area contributed by atoms with E-state index in [0.717, 1.165) is 70.3 Å². The molecule has 2 fully saturated rings. The molecule has 2 unspecified atom stereocenters. The third-order valence-corrected chi connectivity index (χ3v) is 6.81. The molecule has 1 saturated carbocycles. The summed E-state index contributed by atoms with van der Waals surface area (Å²) in [5.74, 6) is 0.911. The molecule has 1 aliphatic heterocycles. The zero-order valence-corrected chi connectivity index (χ0v) is 18.1. The number of likely N-dealkylation sites (N-methyl/N-ethyl adjacent to an activating group) is 1. The van der Waals surface area contributed by atoms with Gasteiger partial charge in [-0.2, -0.15) is 0 Å². The van der Waals surface area contributed by atoms with Crippen LogP contribution >= 0.6 is 0 Å². The maximum Gasteiger partial charge on any atom is 0.226 e. The van der Waals surface area contributed by atoms with Crippen LogP contribution in [0.25, 0.3) is 0 Å². The van der Waals surface area contributed by atoms with Crippen LogP contribution in [0.15, 0.2) is 30.3 Å². The van der Waals surface area contributed by atoms with Gasteiger partial charge in [0.15, 0.2) is 0 Å². The van der Waals surface area contributed by atoms with E-state index >= 15 is 0 Å². The molecule has 29 heavy (non-hydrogen) atoms. The molecule has 5 nitrogen and oxygen atoms in total. The van der Waals surface area contributed by atoms with Gasteiger partial charge in [-0.3, -0.25) is 9.59 Å². The molecule has 3 rings (SSSR count). The summed E-state index contributed by atoms with van der Waals surface area (Å²) in [7, 11) is 1.98. The minimum Gasteiger partial charge on any atom is -0.342 e. The average molecular weight is 400 g/mol. The molecule has 1 saturated heterocycles. The molecular formula is C24H37N3O2. The lowest BCUT2D eigenvalue weighted by molar-refractivity contribution is -0.131. The summed E-state index contributed by atoms with van der Waals surface area (Å²) in [6, 6.07) is 10.8. The number of benzene rings is 1. The molecule has 160 valence electrons. The summed E-state index contributed by atoms with van der Waals surface area (Å²) < 4.78 is 0. The summed E-state index contributed by atoms with van der Waals surface area (Å²) in [5.41, 5.74) is 1.09. The van der Waals surface area contributed by atoms with Crippen LogP contribution in [0, 0.1) is 5.92 Å². The van der Waals surface area contributed by atoms with Gasteiger partial charge in [-0.1, -0.05) is 37.3 Å². The van der Waals surface area contributed by atoms with Crippen LogP contribution < -0.4 is 0 Å². The van der Waals surface area contributed by atoms with E-state index in [9.17, 15) is 9.59 Å². The van der Waals surface area contributed by atoms with E-state index in [2.05, 4.69) is 11.8 Å². The number of amides is 2. The van der Waals surface area contributed by atoms with Gasteiger partial charge >= 0.3 is 0 Å². The number of carbonyl (C=O) groups is 2. The van der Waals surface area contributed by atoms with Gasteiger partial charge in [-0.05, 0) is 50.0 Å². The van der Waals surface area contributed by atoms with Crippen molar-refractivity contribution in [1.82, 2.24) is 14.7 Å². The van der Waals surface area contributed by atoms with E-state index in [1.807, 2.05) is 47.2 Å². The van der Waals surface area contributed by atoms with Gasteiger partial charge in [0, 0.05) is 45.3 Å². The minimum absolute atomic E-state index is 0.229. The Morgan fingerprint density at radius 3 is 2.48 bits per heavy atom. The lowest BCUT2D eigenvalue weighted by Crippen LogP contribution is -2.45. The zero-order chi connectivity index (χ0) is 20.6. The van der Waals surface area contributed by atoms with Gasteiger partial charge in [0.2, 0.25) is 12.3 Å². The second kappa shape index (κ2) is 10.8. The van der Waals surface area contributed by atoms with Crippen molar-refractivity contribution in [3.63, 3.8) is 0 Å². The van der Waals surface area contributed by atoms with Crippen LogP contribution in [0.1, 0.15) is 51.0 Å². The van der Waals surface area contributed by atoms with Crippen molar-refractivity contribution in [3.05, 3.63) is 35.9 Å². The molecule has 2 amide bonds. The summed E-state index contributed by atoms with van der Waals surface area (Å²) in [4.78, 5) is 30.5. The number of hydrogen-bond acceptors (Lipinski definition) is 3. The lowest BCUT2D eigenvalue weighted by atomic mass is 10.0. The minimum atomic E-state index is 0.229. The number of piperidine rings is 1. The molecule has 0 spiro atoms. The number of hydrogen-bond donors (Lipinski definition) is 0. The second-order valence-electron chi connectivity index (χ2n) is 8.87. The van der Waals surface area contributed by atoms with Crippen LogP contribution in [0.5, 0.6) is 0 Å². The zero-order valence-electron chi connectivity index (χ0n) is 18.1. The number of carbonyl (C=O) groups excluding carboxylic acids is 2. The van der Waals surface area contributed by atoms with Crippen molar-refractivity contribution in [2.75, 3.05) is 33.2 Å². The SMILES string of the molecule is CCCN(C=O)C1CCN(CC2CCC(N(C)C(=O)Cc3ccccc3)C2)CC1. The largest absolute Gasteiger partial charge is 0.342 e. The Morgan fingerprint density at radius 1 is 1.10 bits per heavy atom. The summed E-state index contributed by atoms with van der Waals surface area (Å²) in [6.45, 7) is 6.32. The standard InChI is InChI=1S/C24H37N3O2/c1-3-13-27(19-28)22-11-14-26(15-12-22)18-21-9-10-23(16-21)25(2)24(29)17-20-7-5-4-6-8-20/h4-8,19,21-23H,3,9-18H2,1-2H3. The van der Waals surface area contributed by atoms with Crippen LogP contribution in [0.2, 0.25) is 0 Å². The van der Waals surface area contributed by atoms with Crippen molar-refractivity contribution in [2.24, 2.45) is 5.92 Å². The predicted octanol–water partition coefficient (Wildman–Crippen LogP) is 3.19. The maximum absolute atomic E-state index is 12.7. The van der Waals surface area contributed by atoms with Crippen LogP contribution in [-0.4, -0.2) is 72.3 Å². The molecule has 1 heterocycles. The Bertz CT molecular complexity index is 643. The molecule has 0 aromatic heterocycles. The van der Waals surface area contributed by atoms with E-state index < -0.39 is 0 Å². The van der Waals surface area contributed by atoms with E-state index in [1.165, 1.54) is 6.42 Å². The average Bonchev–Trinajstić information content (AvgIpc) is 3.21. The second-order valence-corrected chi connectivity index (χ2v) is 8.87. The molecule has 0 bridgehead atoms. The summed E-state index contributed by atoms with van der Waals surface area (Å²) >= 11 is 0. The van der Waals surface area contributed by atoms with Gasteiger partial charge < -0.3 is 14.7 Å². The Morgan fingerprint density at radius 2 is 1.83 bits per heavy atom. The Balaban J connectivity index is 1.41. The molecule has 0 radical (unpaired) electrons. The topological polar surface area (TPSA) is 43.9 Å². The highest BCUT2D eigenvalue weighted by Gasteiger charge is 2.32. The highest BCUT2D eigenvalue weighted by Crippen LogP contribution is 2.30. The lowest BCUT2D eigenvalue weighted by Gasteiger charge is -2.37. The van der Waals surface area contributed by atoms with Gasteiger partial charge in [-0.25, -0.2) is 0 Å². The maximum atomic E-state index is 12.7. The van der Waals surface area contributed by atoms with Crippen molar-refractivity contribution < 1.29 is 9.59 Å². The highest BCUT2D eigenvalue weighted by atomic mass is 16.2. The quantitative estimate of drug-likeness (QED) is 0.599. The van der Waals surface area contributed by atoms with Crippen LogP contribution in [0.3, 0.4) is 0 Å². The molecule has 2 aliphatic rings. The normalized spacial score (nSPS) is 23.1. The first-order valence-electron chi connectivity index (χ1n) is 11.3. The van der Waals surface area contributed by atoms with E-state index in [0.29, 0.717) is 24.4 Å². The number of rotatable bonds is 9. The Labute approximate surface area is 176 Å². The van der Waals surface area contributed by atoms with Crippen LogP contribution in [-0.2, 0) is 16.0 Å². The third-order valence-electron chi connectivity index (χ3n) is 6.81. The fourth-order valence-corrected chi connectivity index (χ4v) is 5.04. The van der Waals surface area contributed by atoms with Crippen molar-refractivity contribution in [3.8, 4) is 0 Å². The van der Waals surface area contributed by atoms with Crippen LogP contribution in [0.4, 0.5) is 0 Å². The van der Waals surface area contributed by atoms with E-state index in [-0.39, 0.29) is 5.91 Å². The summed E-state index contributed by atoms with van der Waals surface area (Å²) in [6.07, 6.45) is 8.18. The third kappa shape index (κ3) is 6.05.